The van der Waals surface area contributed by atoms with E-state index >= 15 is 0 Å². The molecule has 0 aliphatic heterocycles. The number of halogens is 1. The van der Waals surface area contributed by atoms with E-state index in [1.54, 1.807) is 0 Å². The van der Waals surface area contributed by atoms with Crippen molar-refractivity contribution in [2.24, 2.45) is 0 Å². The third-order valence-electron chi connectivity index (χ3n) is 2.13. The Hall–Kier alpha value is -1.35. The van der Waals surface area contributed by atoms with Gasteiger partial charge in [-0.05, 0) is 23.6 Å². The summed E-state index contributed by atoms with van der Waals surface area (Å²) in [5.74, 6) is -0.0539. The van der Waals surface area contributed by atoms with Crippen LogP contribution in [0.4, 0.5) is 0 Å². The molecule has 1 aromatic carbocycles. The van der Waals surface area contributed by atoms with Gasteiger partial charge in [-0.2, -0.15) is 0 Å². The molecule has 0 spiro atoms. The van der Waals surface area contributed by atoms with Gasteiger partial charge in [-0.25, -0.2) is 0 Å². The van der Waals surface area contributed by atoms with E-state index in [-0.39, 0.29) is 12.3 Å². The summed E-state index contributed by atoms with van der Waals surface area (Å²) in [6.45, 7) is 0.315. The molecule has 0 atom stereocenters. The zero-order valence-electron chi connectivity index (χ0n) is 8.91. The second kappa shape index (κ2) is 7.01. The number of carbonyl (C=O) groups is 2. The summed E-state index contributed by atoms with van der Waals surface area (Å²) in [5, 5.41) is 2.21. The van der Waals surface area contributed by atoms with Gasteiger partial charge in [0, 0.05) is 19.4 Å². The summed E-state index contributed by atoms with van der Waals surface area (Å²) in [6, 6.07) is 9.79. The zero-order valence-corrected chi connectivity index (χ0v) is 9.67. The van der Waals surface area contributed by atoms with Gasteiger partial charge in [-0.1, -0.05) is 30.3 Å². The van der Waals surface area contributed by atoms with Crippen LogP contribution in [-0.4, -0.2) is 17.7 Å². The van der Waals surface area contributed by atoms with Gasteiger partial charge in [-0.3, -0.25) is 9.59 Å². The first-order valence-corrected chi connectivity index (χ1v) is 5.55. The van der Waals surface area contributed by atoms with Crippen molar-refractivity contribution in [2.45, 2.75) is 19.3 Å². The lowest BCUT2D eigenvalue weighted by Gasteiger charge is -2.03. The van der Waals surface area contributed by atoms with Gasteiger partial charge in [0.25, 0.3) is 0 Å². The fraction of sp³-hybridized carbons (Fsp3) is 0.333. The van der Waals surface area contributed by atoms with E-state index in [0.29, 0.717) is 19.4 Å². The molecule has 1 N–H and O–H groups in total. The molecule has 1 amide bonds. The molecule has 0 aliphatic rings. The van der Waals surface area contributed by atoms with Crippen molar-refractivity contribution in [3.8, 4) is 0 Å². The fourth-order valence-corrected chi connectivity index (χ4v) is 1.39. The number of rotatable bonds is 6. The molecule has 0 aliphatic carbocycles. The minimum absolute atomic E-state index is 0.0539. The van der Waals surface area contributed by atoms with Crippen LogP contribution >= 0.6 is 11.6 Å². The maximum absolute atomic E-state index is 11.3. The Bertz CT molecular complexity index is 351. The van der Waals surface area contributed by atoms with E-state index in [1.807, 2.05) is 30.3 Å². The molecule has 16 heavy (non-hydrogen) atoms. The third kappa shape index (κ3) is 5.51. The average Bonchev–Trinajstić information content (AvgIpc) is 2.27. The van der Waals surface area contributed by atoms with Crippen molar-refractivity contribution in [1.82, 2.24) is 5.32 Å². The SMILES string of the molecule is O=C(CCc1ccccc1)NCC[14C](=O)Cl. The van der Waals surface area contributed by atoms with E-state index in [0.717, 1.165) is 5.56 Å². The Morgan fingerprint density at radius 3 is 2.62 bits per heavy atom. The molecule has 3 nitrogen and oxygen atoms in total. The van der Waals surface area contributed by atoms with Crippen molar-refractivity contribution in [3.63, 3.8) is 0 Å². The molecule has 0 fully saturated rings. The molecule has 0 saturated heterocycles. The maximum Gasteiger partial charge on any atom is 0.223 e. The molecular weight excluding hydrogens is 228 g/mol. The predicted octanol–water partition coefficient (Wildman–Crippen LogP) is 1.89. The van der Waals surface area contributed by atoms with Gasteiger partial charge >= 0.3 is 0 Å². The smallest absolute Gasteiger partial charge is 0.223 e. The standard InChI is InChI=1S/C12H14ClNO2/c13-11(15)8-9-14-12(16)7-6-10-4-2-1-3-5-10/h1-5H,6-9H2,(H,14,16)/i11+2. The number of hydrogen-bond donors (Lipinski definition) is 1. The summed E-state index contributed by atoms with van der Waals surface area (Å²) in [6.07, 6.45) is 1.32. The van der Waals surface area contributed by atoms with Crippen LogP contribution in [0.1, 0.15) is 18.4 Å². The maximum atomic E-state index is 11.3. The summed E-state index contributed by atoms with van der Waals surface area (Å²) in [5.41, 5.74) is 1.13. The van der Waals surface area contributed by atoms with Gasteiger partial charge in [0.05, 0.1) is 0 Å². The molecule has 1 rings (SSSR count). The fourth-order valence-electron chi connectivity index (χ4n) is 1.29. The molecule has 0 radical (unpaired) electrons. The number of carbonyl (C=O) groups excluding carboxylic acids is 2. The molecule has 0 unspecified atom stereocenters. The van der Waals surface area contributed by atoms with Crippen LogP contribution in [0.3, 0.4) is 0 Å². The van der Waals surface area contributed by atoms with Crippen molar-refractivity contribution in [2.75, 3.05) is 6.54 Å². The Kier molecular flexibility index (Phi) is 5.57. The largest absolute Gasteiger partial charge is 0.356 e. The number of amides is 1. The summed E-state index contributed by atoms with van der Waals surface area (Å²) in [7, 11) is 0. The lowest BCUT2D eigenvalue weighted by molar-refractivity contribution is -0.121. The summed E-state index contributed by atoms with van der Waals surface area (Å²) >= 11 is 5.14. The van der Waals surface area contributed by atoms with Crippen LogP contribution in [-0.2, 0) is 16.0 Å². The van der Waals surface area contributed by atoms with E-state index in [1.165, 1.54) is 0 Å². The van der Waals surface area contributed by atoms with Crippen LogP contribution in [0, 0.1) is 0 Å². The Labute approximate surface area is 99.8 Å². The Morgan fingerprint density at radius 1 is 1.31 bits per heavy atom. The van der Waals surface area contributed by atoms with E-state index in [9.17, 15) is 9.59 Å². The molecule has 86 valence electrons. The second-order valence-corrected chi connectivity index (χ2v) is 3.86. The van der Waals surface area contributed by atoms with Crippen molar-refractivity contribution >= 4 is 22.8 Å². The molecule has 1 aromatic rings. The minimum Gasteiger partial charge on any atom is -0.356 e. The highest BCUT2D eigenvalue weighted by atomic mass is 35.5. The average molecular weight is 242 g/mol. The first kappa shape index (κ1) is 12.7. The summed E-state index contributed by atoms with van der Waals surface area (Å²) in [4.78, 5) is 21.8. The van der Waals surface area contributed by atoms with Gasteiger partial charge in [0.2, 0.25) is 11.1 Å². The van der Waals surface area contributed by atoms with E-state index in [2.05, 4.69) is 5.32 Å². The lowest BCUT2D eigenvalue weighted by Crippen LogP contribution is -2.25. The first-order chi connectivity index (χ1) is 7.68. The zero-order chi connectivity index (χ0) is 11.8. The highest BCUT2D eigenvalue weighted by Crippen LogP contribution is 2.01. The van der Waals surface area contributed by atoms with Gasteiger partial charge in [0.15, 0.2) is 0 Å². The normalized spacial score (nSPS) is 9.81. The van der Waals surface area contributed by atoms with E-state index < -0.39 is 5.24 Å². The number of benzene rings is 1. The first-order valence-electron chi connectivity index (χ1n) is 5.17. The topological polar surface area (TPSA) is 46.2 Å². The van der Waals surface area contributed by atoms with Crippen molar-refractivity contribution in [3.05, 3.63) is 35.9 Å². The number of aryl methyl sites for hydroxylation is 1. The molecule has 0 saturated carbocycles. The molecule has 4 heteroatoms. The molecule has 0 aromatic heterocycles. The van der Waals surface area contributed by atoms with Gasteiger partial charge in [-0.15, -0.1) is 0 Å². The van der Waals surface area contributed by atoms with Crippen molar-refractivity contribution in [1.29, 1.82) is 0 Å². The van der Waals surface area contributed by atoms with Crippen LogP contribution in [0.15, 0.2) is 30.3 Å². The third-order valence-corrected chi connectivity index (χ3v) is 2.32. The van der Waals surface area contributed by atoms with Gasteiger partial charge < -0.3 is 5.32 Å². The second-order valence-electron chi connectivity index (χ2n) is 3.44. The monoisotopic (exact) mass is 241 g/mol. The van der Waals surface area contributed by atoms with Crippen LogP contribution in [0.5, 0.6) is 0 Å². The molecular formula is C12H14ClNO2. The van der Waals surface area contributed by atoms with Gasteiger partial charge in [0.1, 0.15) is 0 Å². The van der Waals surface area contributed by atoms with Crippen LogP contribution in [0.25, 0.3) is 0 Å². The van der Waals surface area contributed by atoms with Crippen molar-refractivity contribution < 1.29 is 9.59 Å². The Balaban J connectivity index is 2.18. The number of hydrogen-bond acceptors (Lipinski definition) is 2. The van der Waals surface area contributed by atoms with E-state index in [4.69, 9.17) is 11.6 Å². The van der Waals surface area contributed by atoms with Crippen LogP contribution < -0.4 is 5.32 Å². The lowest BCUT2D eigenvalue weighted by atomic mass is 10.1. The molecule has 0 heterocycles. The highest BCUT2D eigenvalue weighted by Gasteiger charge is 2.02. The predicted molar refractivity (Wildman–Crippen MR) is 63.2 cm³/mol. The van der Waals surface area contributed by atoms with Crippen LogP contribution in [0.2, 0.25) is 0 Å². The Morgan fingerprint density at radius 2 is 2.00 bits per heavy atom. The number of nitrogens with one attached hydrogen (secondary N) is 1. The highest BCUT2D eigenvalue weighted by molar-refractivity contribution is 6.63. The quantitative estimate of drug-likeness (QED) is 0.774. The molecule has 0 bridgehead atoms. The summed E-state index contributed by atoms with van der Waals surface area (Å²) < 4.78 is 0. The minimum atomic E-state index is -0.427.